The van der Waals surface area contributed by atoms with Crippen molar-refractivity contribution in [2.24, 2.45) is 5.73 Å². The van der Waals surface area contributed by atoms with Gasteiger partial charge in [0.1, 0.15) is 0 Å². The summed E-state index contributed by atoms with van der Waals surface area (Å²) in [6, 6.07) is 7.58. The van der Waals surface area contributed by atoms with Crippen LogP contribution < -0.4 is 5.73 Å². The van der Waals surface area contributed by atoms with Crippen LogP contribution in [0.15, 0.2) is 42.4 Å². The minimum absolute atomic E-state index is 0.0854. The highest BCUT2D eigenvalue weighted by molar-refractivity contribution is 5.98. The van der Waals surface area contributed by atoms with Crippen LogP contribution in [0.2, 0.25) is 0 Å². The lowest BCUT2D eigenvalue weighted by molar-refractivity contribution is 0.0652. The van der Waals surface area contributed by atoms with Crippen molar-refractivity contribution >= 4 is 16.8 Å². The minimum Gasteiger partial charge on any atom is -0.343 e. The molecule has 0 saturated carbocycles. The summed E-state index contributed by atoms with van der Waals surface area (Å²) >= 11 is 0. The number of hydrogen-bond donors (Lipinski definition) is 1. The summed E-state index contributed by atoms with van der Waals surface area (Å²) in [6.45, 7) is 2.32. The number of carbonyl (C=O) groups is 1. The lowest BCUT2D eigenvalue weighted by Crippen LogP contribution is -2.41. The highest BCUT2D eigenvalue weighted by Gasteiger charge is 2.21. The van der Waals surface area contributed by atoms with E-state index in [1.54, 1.807) is 0 Å². The third-order valence-electron chi connectivity index (χ3n) is 3.95. The van der Waals surface area contributed by atoms with Crippen molar-refractivity contribution in [3.63, 3.8) is 0 Å². The standard InChI is InChI=1S/C16H18FN3O/c17-9-12(10-18)11-20-7-4-13-8-14(2-3-15(13)20)16(21)19-5-1-6-19/h2-4,7-9H,1,5-6,10-11,18H2/b12-9+. The Bertz CT molecular complexity index is 701. The number of hydrogen-bond acceptors (Lipinski definition) is 2. The Kier molecular flexibility index (Phi) is 3.75. The molecule has 1 saturated heterocycles. The first-order chi connectivity index (χ1) is 10.2. The van der Waals surface area contributed by atoms with Gasteiger partial charge in [0.25, 0.3) is 5.91 Å². The molecule has 21 heavy (non-hydrogen) atoms. The molecule has 1 fully saturated rings. The van der Waals surface area contributed by atoms with Crippen LogP contribution in [0.3, 0.4) is 0 Å². The van der Waals surface area contributed by atoms with Gasteiger partial charge in [-0.2, -0.15) is 0 Å². The second kappa shape index (κ2) is 5.69. The normalized spacial score (nSPS) is 15.3. The van der Waals surface area contributed by atoms with E-state index in [1.807, 2.05) is 39.9 Å². The van der Waals surface area contributed by atoms with E-state index in [2.05, 4.69) is 0 Å². The summed E-state index contributed by atoms with van der Waals surface area (Å²) in [7, 11) is 0. The maximum atomic E-state index is 12.6. The SMILES string of the molecule is NC/C(=C\F)Cn1ccc2cc(C(=O)N3CCC3)ccc21. The summed E-state index contributed by atoms with van der Waals surface area (Å²) in [5.41, 5.74) is 7.71. The fourth-order valence-electron chi connectivity index (χ4n) is 2.54. The number of benzene rings is 1. The molecule has 0 spiro atoms. The lowest BCUT2D eigenvalue weighted by atomic mass is 10.1. The van der Waals surface area contributed by atoms with Gasteiger partial charge in [-0.3, -0.25) is 4.79 Å². The fraction of sp³-hybridized carbons (Fsp3) is 0.312. The Morgan fingerprint density at radius 2 is 2.14 bits per heavy atom. The zero-order chi connectivity index (χ0) is 14.8. The molecule has 1 amide bonds. The van der Waals surface area contributed by atoms with Crippen LogP contribution in [0.25, 0.3) is 10.9 Å². The number of nitrogens with zero attached hydrogens (tertiary/aromatic N) is 2. The van der Waals surface area contributed by atoms with E-state index in [9.17, 15) is 9.18 Å². The Morgan fingerprint density at radius 1 is 1.33 bits per heavy atom. The van der Waals surface area contributed by atoms with Crippen molar-refractivity contribution in [2.75, 3.05) is 19.6 Å². The number of rotatable bonds is 4. The van der Waals surface area contributed by atoms with Gasteiger partial charge in [-0.25, -0.2) is 4.39 Å². The first-order valence-corrected chi connectivity index (χ1v) is 7.09. The zero-order valence-electron chi connectivity index (χ0n) is 11.8. The van der Waals surface area contributed by atoms with E-state index >= 15 is 0 Å². The van der Waals surface area contributed by atoms with E-state index < -0.39 is 0 Å². The van der Waals surface area contributed by atoms with Gasteiger partial charge in [0.05, 0.1) is 6.33 Å². The summed E-state index contributed by atoms with van der Waals surface area (Å²) in [6.07, 6.45) is 3.54. The molecule has 0 atom stereocenters. The second-order valence-electron chi connectivity index (χ2n) is 5.33. The van der Waals surface area contributed by atoms with Crippen molar-refractivity contribution in [1.29, 1.82) is 0 Å². The zero-order valence-corrected chi connectivity index (χ0v) is 11.8. The Morgan fingerprint density at radius 3 is 2.76 bits per heavy atom. The Labute approximate surface area is 122 Å². The number of likely N-dealkylation sites (tertiary alicyclic amines) is 1. The third-order valence-corrected chi connectivity index (χ3v) is 3.95. The number of nitrogens with two attached hydrogens (primary N) is 1. The van der Waals surface area contributed by atoms with Crippen LogP contribution in [0, 0.1) is 0 Å². The Hall–Kier alpha value is -2.14. The highest BCUT2D eigenvalue weighted by atomic mass is 19.1. The molecule has 2 heterocycles. The molecule has 5 heteroatoms. The molecule has 0 unspecified atom stereocenters. The van der Waals surface area contributed by atoms with Crippen LogP contribution in [0.4, 0.5) is 4.39 Å². The van der Waals surface area contributed by atoms with E-state index in [-0.39, 0.29) is 12.5 Å². The van der Waals surface area contributed by atoms with Gasteiger partial charge in [0, 0.05) is 48.8 Å². The second-order valence-corrected chi connectivity index (χ2v) is 5.33. The number of halogens is 1. The van der Waals surface area contributed by atoms with Crippen LogP contribution in [-0.2, 0) is 6.54 Å². The first kappa shape index (κ1) is 13.8. The topological polar surface area (TPSA) is 51.3 Å². The third kappa shape index (κ3) is 2.56. The summed E-state index contributed by atoms with van der Waals surface area (Å²) in [5.74, 6) is 0.0854. The van der Waals surface area contributed by atoms with Crippen molar-refractivity contribution in [2.45, 2.75) is 13.0 Å². The Balaban J connectivity index is 1.88. The number of aromatic nitrogens is 1. The molecule has 1 aliphatic heterocycles. The van der Waals surface area contributed by atoms with Gasteiger partial charge in [-0.15, -0.1) is 0 Å². The van der Waals surface area contributed by atoms with Crippen molar-refractivity contribution in [1.82, 2.24) is 9.47 Å². The highest BCUT2D eigenvalue weighted by Crippen LogP contribution is 2.21. The van der Waals surface area contributed by atoms with Gasteiger partial charge < -0.3 is 15.2 Å². The van der Waals surface area contributed by atoms with Crippen molar-refractivity contribution in [3.8, 4) is 0 Å². The van der Waals surface area contributed by atoms with Gasteiger partial charge in [0.15, 0.2) is 0 Å². The smallest absolute Gasteiger partial charge is 0.253 e. The predicted molar refractivity (Wildman–Crippen MR) is 80.7 cm³/mol. The number of carbonyl (C=O) groups excluding carboxylic acids is 1. The molecule has 3 rings (SSSR count). The molecule has 2 aromatic rings. The van der Waals surface area contributed by atoms with Crippen LogP contribution >= 0.6 is 0 Å². The molecule has 4 nitrogen and oxygen atoms in total. The maximum absolute atomic E-state index is 12.6. The van der Waals surface area contributed by atoms with Crippen LogP contribution in [0.1, 0.15) is 16.8 Å². The van der Waals surface area contributed by atoms with Gasteiger partial charge in [-0.1, -0.05) is 0 Å². The van der Waals surface area contributed by atoms with Crippen LogP contribution in [0.5, 0.6) is 0 Å². The molecule has 110 valence electrons. The van der Waals surface area contributed by atoms with E-state index in [1.165, 1.54) is 0 Å². The summed E-state index contributed by atoms with van der Waals surface area (Å²) in [5, 5.41) is 0.983. The quantitative estimate of drug-likeness (QED) is 0.938. The molecule has 1 aromatic heterocycles. The van der Waals surface area contributed by atoms with E-state index in [4.69, 9.17) is 5.73 Å². The van der Waals surface area contributed by atoms with Gasteiger partial charge in [0.2, 0.25) is 0 Å². The summed E-state index contributed by atoms with van der Waals surface area (Å²) in [4.78, 5) is 14.0. The van der Waals surface area contributed by atoms with Gasteiger partial charge >= 0.3 is 0 Å². The number of amides is 1. The molecule has 0 bridgehead atoms. The molecule has 0 radical (unpaired) electrons. The molecule has 0 aliphatic carbocycles. The molecular weight excluding hydrogens is 269 g/mol. The van der Waals surface area contributed by atoms with E-state index in [0.29, 0.717) is 24.0 Å². The predicted octanol–water partition coefficient (Wildman–Crippen LogP) is 2.30. The molecule has 2 N–H and O–H groups in total. The lowest BCUT2D eigenvalue weighted by Gasteiger charge is -2.30. The minimum atomic E-state index is 0.0854. The fourth-order valence-corrected chi connectivity index (χ4v) is 2.54. The van der Waals surface area contributed by atoms with Gasteiger partial charge in [-0.05, 0) is 36.3 Å². The maximum Gasteiger partial charge on any atom is 0.253 e. The average molecular weight is 287 g/mol. The molecule has 1 aliphatic rings. The average Bonchev–Trinajstić information content (AvgIpc) is 2.85. The van der Waals surface area contributed by atoms with Crippen molar-refractivity contribution < 1.29 is 9.18 Å². The largest absolute Gasteiger partial charge is 0.343 e. The van der Waals surface area contributed by atoms with E-state index in [0.717, 1.165) is 30.4 Å². The number of fused-ring (bicyclic) bond motifs is 1. The summed E-state index contributed by atoms with van der Waals surface area (Å²) < 4.78 is 14.6. The van der Waals surface area contributed by atoms with Crippen molar-refractivity contribution in [3.05, 3.63) is 47.9 Å². The monoisotopic (exact) mass is 287 g/mol. The molecular formula is C16H18FN3O. The molecule has 1 aromatic carbocycles. The van der Waals surface area contributed by atoms with Crippen LogP contribution in [-0.4, -0.2) is 35.0 Å². The first-order valence-electron chi connectivity index (χ1n) is 7.09.